The molecule has 11 nitrogen and oxygen atoms in total. The van der Waals surface area contributed by atoms with Crippen LogP contribution < -0.4 is 5.32 Å². The molecule has 1 amide bonds. The van der Waals surface area contributed by atoms with Crippen molar-refractivity contribution in [2.75, 3.05) is 40.6 Å². The Hall–Kier alpha value is -1.52. The zero-order chi connectivity index (χ0) is 25.0. The van der Waals surface area contributed by atoms with E-state index in [1.165, 1.54) is 7.11 Å². The molecule has 0 aromatic carbocycles. The number of phosphoric ester groups is 1. The van der Waals surface area contributed by atoms with Crippen LogP contribution in [0, 0.1) is 16.7 Å². The molecule has 12 heteroatoms. The van der Waals surface area contributed by atoms with Crippen LogP contribution in [0.25, 0.3) is 0 Å². The monoisotopic (exact) mass is 492 g/mol. The van der Waals surface area contributed by atoms with Crippen LogP contribution in [-0.2, 0) is 42.0 Å². The summed E-state index contributed by atoms with van der Waals surface area (Å²) in [5.74, 6) is -1.18. The normalized spacial score (nSPS) is 30.0. The molecule has 0 aliphatic carbocycles. The van der Waals surface area contributed by atoms with Gasteiger partial charge < -0.3 is 14.8 Å². The van der Waals surface area contributed by atoms with E-state index in [1.807, 2.05) is 11.9 Å². The first-order chi connectivity index (χ1) is 15.2. The molecule has 0 aromatic heterocycles. The molecule has 2 aliphatic rings. The minimum absolute atomic E-state index is 0.0122. The molecule has 2 fully saturated rings. The predicted octanol–water partition coefficient (Wildman–Crippen LogP) is 2.10. The number of amides is 1. The van der Waals surface area contributed by atoms with Gasteiger partial charge in [0.05, 0.1) is 20.1 Å². The van der Waals surface area contributed by atoms with Gasteiger partial charge >= 0.3 is 19.8 Å². The van der Waals surface area contributed by atoms with Gasteiger partial charge in [-0.2, -0.15) is 0 Å². The van der Waals surface area contributed by atoms with Crippen molar-refractivity contribution in [3.8, 4) is 0 Å². The molecule has 2 heterocycles. The Balaban J connectivity index is 1.88. The van der Waals surface area contributed by atoms with Crippen LogP contribution in [0.15, 0.2) is 0 Å². The summed E-state index contributed by atoms with van der Waals surface area (Å²) in [6.07, 6.45) is -0.508. The summed E-state index contributed by atoms with van der Waals surface area (Å²) < 4.78 is 38.4. The Morgan fingerprint density at radius 2 is 1.91 bits per heavy atom. The second kappa shape index (κ2) is 10.8. The Morgan fingerprint density at radius 1 is 1.24 bits per heavy atom. The summed E-state index contributed by atoms with van der Waals surface area (Å²) in [5.41, 5.74) is -0.745. The molecule has 3 unspecified atom stereocenters. The summed E-state index contributed by atoms with van der Waals surface area (Å²) in [6, 6.07) is -0.417. The summed E-state index contributed by atoms with van der Waals surface area (Å²) in [4.78, 5) is 38.3. The molecule has 0 aromatic rings. The number of hydrogen-bond donors (Lipinski definition) is 1. The SMILES string of the molecule is COC(=O)CCNC(=O)[C@@H]1OP(=O)(OCOC(=O)C2CC(C(C)(C)C)CN2C)OCC1(C)C. The highest BCUT2D eigenvalue weighted by atomic mass is 31.2. The predicted molar refractivity (Wildman–Crippen MR) is 118 cm³/mol. The van der Waals surface area contributed by atoms with E-state index in [-0.39, 0.29) is 25.0 Å². The van der Waals surface area contributed by atoms with Gasteiger partial charge in [0.25, 0.3) is 0 Å². The molecule has 0 radical (unpaired) electrons. The van der Waals surface area contributed by atoms with Crippen LogP contribution in [0.3, 0.4) is 0 Å². The molecule has 2 aliphatic heterocycles. The lowest BCUT2D eigenvalue weighted by Gasteiger charge is -2.39. The average Bonchev–Trinajstić information content (AvgIpc) is 3.12. The topological polar surface area (TPSA) is 130 Å². The van der Waals surface area contributed by atoms with Gasteiger partial charge in [0.1, 0.15) is 6.04 Å². The number of ether oxygens (including phenoxy) is 2. The number of phosphoric acid groups is 1. The van der Waals surface area contributed by atoms with Crippen molar-refractivity contribution in [1.82, 2.24) is 10.2 Å². The van der Waals surface area contributed by atoms with Crippen molar-refractivity contribution in [3.05, 3.63) is 0 Å². The first-order valence-electron chi connectivity index (χ1n) is 11.0. The maximum Gasteiger partial charge on any atom is 0.478 e. The number of carbonyl (C=O) groups is 3. The Bertz CT molecular complexity index is 780. The summed E-state index contributed by atoms with van der Waals surface area (Å²) >= 11 is 0. The van der Waals surface area contributed by atoms with Gasteiger partial charge in [-0.25, -0.2) is 9.09 Å². The van der Waals surface area contributed by atoms with Gasteiger partial charge in [-0.1, -0.05) is 34.6 Å². The number of rotatable bonds is 8. The first-order valence-corrected chi connectivity index (χ1v) is 12.4. The Morgan fingerprint density at radius 3 is 2.48 bits per heavy atom. The van der Waals surface area contributed by atoms with Gasteiger partial charge in [-0.3, -0.25) is 28.3 Å². The van der Waals surface area contributed by atoms with Crippen LogP contribution in [0.5, 0.6) is 0 Å². The van der Waals surface area contributed by atoms with Gasteiger partial charge in [0.2, 0.25) is 12.7 Å². The maximum atomic E-state index is 12.9. The second-order valence-electron chi connectivity index (χ2n) is 10.3. The van der Waals surface area contributed by atoms with Crippen LogP contribution >= 0.6 is 7.82 Å². The fourth-order valence-corrected chi connectivity index (χ4v) is 5.23. The number of nitrogens with zero attached hydrogens (tertiary/aromatic N) is 1. The zero-order valence-electron chi connectivity index (χ0n) is 20.5. The van der Waals surface area contributed by atoms with Crippen molar-refractivity contribution < 1.29 is 42.0 Å². The molecule has 0 bridgehead atoms. The highest BCUT2D eigenvalue weighted by molar-refractivity contribution is 7.48. The molecule has 0 saturated carbocycles. The summed E-state index contributed by atoms with van der Waals surface area (Å²) in [7, 11) is -1.03. The standard InChI is InChI=1S/C21H37N2O9P/c1-20(2,3)14-10-15(23(6)11-14)19(26)29-13-31-33(27)30-12-21(4,5)17(32-33)18(25)22-9-8-16(24)28-7/h14-15,17H,8-13H2,1-7H3,(H,22,25)/t14?,15?,17-,33?/m0/s1. The first kappa shape index (κ1) is 27.7. The number of methoxy groups -OCH3 is 1. The van der Waals surface area contributed by atoms with Gasteiger partial charge in [-0.05, 0) is 24.8 Å². The second-order valence-corrected chi connectivity index (χ2v) is 11.9. The largest absolute Gasteiger partial charge is 0.478 e. The molecule has 4 atom stereocenters. The quantitative estimate of drug-likeness (QED) is 0.305. The van der Waals surface area contributed by atoms with Crippen LogP contribution in [-0.4, -0.2) is 75.5 Å². The minimum atomic E-state index is -4.15. The number of likely N-dealkylation sites (N-methyl/N-ethyl adjacent to an activating group) is 1. The van der Waals surface area contributed by atoms with Crippen molar-refractivity contribution in [2.45, 2.75) is 59.6 Å². The van der Waals surface area contributed by atoms with Crippen LogP contribution in [0.2, 0.25) is 0 Å². The third-order valence-electron chi connectivity index (χ3n) is 6.09. The Kier molecular flexibility index (Phi) is 9.09. The van der Waals surface area contributed by atoms with E-state index in [2.05, 4.69) is 30.8 Å². The number of likely N-dealkylation sites (tertiary alicyclic amines) is 1. The lowest BCUT2D eigenvalue weighted by molar-refractivity contribution is -0.159. The number of nitrogens with one attached hydrogen (secondary N) is 1. The molecule has 33 heavy (non-hydrogen) atoms. The molecule has 0 spiro atoms. The lowest BCUT2D eigenvalue weighted by Crippen LogP contribution is -2.50. The van der Waals surface area contributed by atoms with Crippen molar-refractivity contribution >= 4 is 25.7 Å². The number of hydrogen-bond acceptors (Lipinski definition) is 10. The van der Waals surface area contributed by atoms with Gasteiger partial charge in [0.15, 0.2) is 6.10 Å². The molecular weight excluding hydrogens is 455 g/mol. The van der Waals surface area contributed by atoms with E-state index in [1.54, 1.807) is 13.8 Å². The third kappa shape index (κ3) is 7.48. The van der Waals surface area contributed by atoms with E-state index in [9.17, 15) is 18.9 Å². The van der Waals surface area contributed by atoms with Gasteiger partial charge in [-0.15, -0.1) is 0 Å². The fourth-order valence-electron chi connectivity index (χ4n) is 3.72. The smallest absolute Gasteiger partial charge is 0.469 e. The summed E-state index contributed by atoms with van der Waals surface area (Å²) in [5, 5.41) is 2.56. The Labute approximate surface area is 195 Å². The van der Waals surface area contributed by atoms with E-state index in [0.717, 1.165) is 6.54 Å². The third-order valence-corrected chi connectivity index (χ3v) is 7.43. The van der Waals surface area contributed by atoms with E-state index in [4.69, 9.17) is 18.3 Å². The molecule has 2 rings (SSSR count). The van der Waals surface area contributed by atoms with Crippen LogP contribution in [0.4, 0.5) is 0 Å². The molecule has 2 saturated heterocycles. The van der Waals surface area contributed by atoms with E-state index in [0.29, 0.717) is 12.3 Å². The van der Waals surface area contributed by atoms with Gasteiger partial charge in [0, 0.05) is 18.5 Å². The minimum Gasteiger partial charge on any atom is -0.469 e. The maximum absolute atomic E-state index is 12.9. The lowest BCUT2D eigenvalue weighted by atomic mass is 9.79. The van der Waals surface area contributed by atoms with Crippen molar-refractivity contribution in [1.29, 1.82) is 0 Å². The molecule has 1 N–H and O–H groups in total. The van der Waals surface area contributed by atoms with E-state index < -0.39 is 50.0 Å². The van der Waals surface area contributed by atoms with Crippen LogP contribution in [0.1, 0.15) is 47.5 Å². The molecule has 190 valence electrons. The number of carbonyl (C=O) groups excluding carboxylic acids is 3. The molecular formula is C21H37N2O9P. The zero-order valence-corrected chi connectivity index (χ0v) is 21.4. The highest BCUT2D eigenvalue weighted by Gasteiger charge is 2.49. The van der Waals surface area contributed by atoms with Crippen molar-refractivity contribution in [3.63, 3.8) is 0 Å². The number of esters is 2. The fraction of sp³-hybridized carbons (Fsp3) is 0.857. The highest BCUT2D eigenvalue weighted by Crippen LogP contribution is 2.57. The average molecular weight is 493 g/mol. The summed E-state index contributed by atoms with van der Waals surface area (Å²) in [6.45, 7) is 9.93. The van der Waals surface area contributed by atoms with E-state index >= 15 is 0 Å². The van der Waals surface area contributed by atoms with Crippen molar-refractivity contribution in [2.24, 2.45) is 16.7 Å².